The molecular weight excluding hydrogens is 180 g/mol. The summed E-state index contributed by atoms with van der Waals surface area (Å²) in [6.07, 6.45) is 0. The summed E-state index contributed by atoms with van der Waals surface area (Å²) in [6.45, 7) is 26.1. The van der Waals surface area contributed by atoms with Crippen molar-refractivity contribution in [2.75, 3.05) is 0 Å². The lowest BCUT2D eigenvalue weighted by Crippen LogP contribution is -2.44. The van der Waals surface area contributed by atoms with Crippen molar-refractivity contribution in [2.24, 2.45) is 16.2 Å². The minimum atomic E-state index is -0.00576. The van der Waals surface area contributed by atoms with Gasteiger partial charge in [-0.15, -0.1) is 0 Å². The molecule has 1 aliphatic carbocycles. The maximum absolute atomic E-state index is 4.26. The van der Waals surface area contributed by atoms with E-state index in [0.29, 0.717) is 0 Å². The van der Waals surface area contributed by atoms with Gasteiger partial charge in [0.2, 0.25) is 0 Å². The van der Waals surface area contributed by atoms with Gasteiger partial charge in [0.05, 0.1) is 0 Å². The summed E-state index contributed by atoms with van der Waals surface area (Å²) in [5, 5.41) is 0. The highest BCUT2D eigenvalue weighted by Gasteiger charge is 2.50. The van der Waals surface area contributed by atoms with Gasteiger partial charge in [-0.1, -0.05) is 78.0 Å². The van der Waals surface area contributed by atoms with Crippen LogP contribution in [0.1, 0.15) is 41.5 Å². The topological polar surface area (TPSA) is 0 Å². The van der Waals surface area contributed by atoms with Crippen molar-refractivity contribution in [1.82, 2.24) is 0 Å². The summed E-state index contributed by atoms with van der Waals surface area (Å²) < 4.78 is 0. The highest BCUT2D eigenvalue weighted by atomic mass is 14.5. The Labute approximate surface area is 94.8 Å². The van der Waals surface area contributed by atoms with E-state index in [1.807, 2.05) is 0 Å². The predicted molar refractivity (Wildman–Crippen MR) is 68.8 cm³/mol. The first-order valence-electron chi connectivity index (χ1n) is 5.56. The van der Waals surface area contributed by atoms with Crippen molar-refractivity contribution in [2.45, 2.75) is 41.5 Å². The van der Waals surface area contributed by atoms with Crippen LogP contribution < -0.4 is 0 Å². The van der Waals surface area contributed by atoms with E-state index in [9.17, 15) is 0 Å². The summed E-state index contributed by atoms with van der Waals surface area (Å²) in [4.78, 5) is 0. The van der Waals surface area contributed by atoms with Crippen molar-refractivity contribution in [3.63, 3.8) is 0 Å². The molecule has 0 aromatic heterocycles. The van der Waals surface area contributed by atoms with Gasteiger partial charge in [-0.3, -0.25) is 0 Å². The van der Waals surface area contributed by atoms with E-state index in [-0.39, 0.29) is 16.2 Å². The number of allylic oxidation sites excluding steroid dienone is 3. The first-order chi connectivity index (χ1) is 6.46. The molecule has 0 aromatic rings. The average Bonchev–Trinajstić information content (AvgIpc) is 2.12. The van der Waals surface area contributed by atoms with Gasteiger partial charge in [-0.05, 0) is 0 Å². The van der Waals surface area contributed by atoms with Crippen LogP contribution >= 0.6 is 0 Å². The Morgan fingerprint density at radius 2 is 0.667 bits per heavy atom. The van der Waals surface area contributed by atoms with E-state index in [1.54, 1.807) is 0 Å². The fraction of sp³-hybridized carbons (Fsp3) is 0.600. The molecule has 0 aromatic carbocycles. The molecule has 15 heavy (non-hydrogen) atoms. The minimum absolute atomic E-state index is 0.00576. The average molecular weight is 204 g/mol. The third-order valence-corrected chi connectivity index (χ3v) is 4.53. The lowest BCUT2D eigenvalue weighted by atomic mass is 9.49. The third-order valence-electron chi connectivity index (χ3n) is 4.53. The van der Waals surface area contributed by atoms with Gasteiger partial charge in [-0.25, -0.2) is 0 Å². The smallest absolute Gasteiger partial charge is 0.00757 e. The summed E-state index contributed by atoms with van der Waals surface area (Å²) in [5.74, 6) is 0. The second-order valence-corrected chi connectivity index (χ2v) is 6.31. The largest absolute Gasteiger partial charge is 0.0981 e. The highest BCUT2D eigenvalue weighted by molar-refractivity contribution is 5.47. The van der Waals surface area contributed by atoms with Gasteiger partial charge in [0.15, 0.2) is 0 Å². The van der Waals surface area contributed by atoms with Crippen LogP contribution in [0.15, 0.2) is 36.5 Å². The number of hydrogen-bond acceptors (Lipinski definition) is 0. The van der Waals surface area contributed by atoms with Crippen molar-refractivity contribution >= 4 is 0 Å². The van der Waals surface area contributed by atoms with Crippen molar-refractivity contribution in [1.29, 1.82) is 0 Å². The Morgan fingerprint density at radius 1 is 0.533 bits per heavy atom. The normalized spacial score (nSPS) is 28.0. The molecule has 1 aliphatic rings. The Bertz CT molecular complexity index is 267. The molecule has 0 nitrogen and oxygen atoms in total. The molecule has 0 bridgehead atoms. The first-order valence-corrected chi connectivity index (χ1v) is 5.56. The first kappa shape index (κ1) is 12.3. The van der Waals surface area contributed by atoms with E-state index in [0.717, 1.165) is 0 Å². The van der Waals surface area contributed by atoms with Crippen molar-refractivity contribution in [3.05, 3.63) is 36.5 Å². The Kier molecular flexibility index (Phi) is 2.35. The minimum Gasteiger partial charge on any atom is -0.0981 e. The molecule has 0 radical (unpaired) electrons. The fourth-order valence-electron chi connectivity index (χ4n) is 2.89. The van der Waals surface area contributed by atoms with Gasteiger partial charge < -0.3 is 0 Å². The molecule has 1 rings (SSSR count). The van der Waals surface area contributed by atoms with Crippen LogP contribution in [0.3, 0.4) is 0 Å². The van der Waals surface area contributed by atoms with Gasteiger partial charge in [0.1, 0.15) is 0 Å². The summed E-state index contributed by atoms with van der Waals surface area (Å²) in [6, 6.07) is 0. The maximum Gasteiger partial charge on any atom is 0.00757 e. The van der Waals surface area contributed by atoms with Crippen LogP contribution in [0.2, 0.25) is 0 Å². The lowest BCUT2D eigenvalue weighted by molar-refractivity contribution is 0.257. The van der Waals surface area contributed by atoms with Crippen LogP contribution in [-0.2, 0) is 0 Å². The number of rotatable bonds is 0. The summed E-state index contributed by atoms with van der Waals surface area (Å²) in [7, 11) is 0. The zero-order valence-corrected chi connectivity index (χ0v) is 11.1. The molecular formula is C15H24. The Hall–Kier alpha value is -0.780. The molecule has 1 fully saturated rings. The van der Waals surface area contributed by atoms with Crippen LogP contribution in [-0.4, -0.2) is 0 Å². The molecule has 0 saturated heterocycles. The molecule has 0 atom stereocenters. The Morgan fingerprint density at radius 3 is 0.800 bits per heavy atom. The predicted octanol–water partition coefficient (Wildman–Crippen LogP) is 4.75. The molecule has 0 heterocycles. The molecule has 0 spiro atoms. The van der Waals surface area contributed by atoms with Crippen LogP contribution in [0.4, 0.5) is 0 Å². The fourth-order valence-corrected chi connectivity index (χ4v) is 2.89. The van der Waals surface area contributed by atoms with Crippen LogP contribution in [0.25, 0.3) is 0 Å². The number of hydrogen-bond donors (Lipinski definition) is 0. The summed E-state index contributed by atoms with van der Waals surface area (Å²) in [5.41, 5.74) is 3.66. The third kappa shape index (κ3) is 1.34. The highest BCUT2D eigenvalue weighted by Crippen LogP contribution is 2.61. The standard InChI is InChI=1S/C15H24/c1-10-13(4,5)11(2)15(8,9)12(3)14(10,6)7/h1-3H2,4-9H3. The summed E-state index contributed by atoms with van der Waals surface area (Å²) >= 11 is 0. The van der Waals surface area contributed by atoms with E-state index in [1.165, 1.54) is 16.7 Å². The molecule has 0 heteroatoms. The van der Waals surface area contributed by atoms with Crippen molar-refractivity contribution in [3.8, 4) is 0 Å². The second-order valence-electron chi connectivity index (χ2n) is 6.31. The monoisotopic (exact) mass is 204 g/mol. The van der Waals surface area contributed by atoms with E-state index in [2.05, 4.69) is 61.3 Å². The molecule has 0 unspecified atom stereocenters. The SMILES string of the molecule is C=C1C(C)(C)C(=C)C(C)(C)C(=C)C1(C)C. The zero-order chi connectivity index (χ0) is 12.2. The van der Waals surface area contributed by atoms with Gasteiger partial charge >= 0.3 is 0 Å². The van der Waals surface area contributed by atoms with E-state index >= 15 is 0 Å². The molecule has 1 saturated carbocycles. The van der Waals surface area contributed by atoms with E-state index < -0.39 is 0 Å². The lowest BCUT2D eigenvalue weighted by Gasteiger charge is -2.54. The van der Waals surface area contributed by atoms with Crippen LogP contribution in [0.5, 0.6) is 0 Å². The zero-order valence-electron chi connectivity index (χ0n) is 11.1. The Balaban J connectivity index is 3.44. The molecule has 0 N–H and O–H groups in total. The second kappa shape index (κ2) is 2.87. The maximum atomic E-state index is 4.26. The van der Waals surface area contributed by atoms with Gasteiger partial charge in [0.25, 0.3) is 0 Å². The molecule has 0 amide bonds. The van der Waals surface area contributed by atoms with E-state index in [4.69, 9.17) is 0 Å². The molecule has 84 valence electrons. The molecule has 0 aliphatic heterocycles. The van der Waals surface area contributed by atoms with Gasteiger partial charge in [0, 0.05) is 16.2 Å². The van der Waals surface area contributed by atoms with Gasteiger partial charge in [-0.2, -0.15) is 0 Å². The van der Waals surface area contributed by atoms with Crippen molar-refractivity contribution < 1.29 is 0 Å². The van der Waals surface area contributed by atoms with Crippen LogP contribution in [0, 0.1) is 16.2 Å². The quantitative estimate of drug-likeness (QED) is 0.500.